The number of benzene rings is 2. The zero-order valence-corrected chi connectivity index (χ0v) is 10.8. The maximum Gasteiger partial charge on any atom is 0.253 e. The normalized spacial score (nSPS) is 11.1. The van der Waals surface area contributed by atoms with Gasteiger partial charge in [-0.05, 0) is 17.7 Å². The summed E-state index contributed by atoms with van der Waals surface area (Å²) in [6, 6.07) is 6.08. The number of carbonyl (C=O) groups excluding carboxylic acids is 1. The molecule has 3 rings (SSSR count). The minimum Gasteiger partial charge on any atom is -0.453 e. The molecular weight excluding hydrogens is 274 g/mol. The molecule has 106 valence electrons. The lowest BCUT2D eigenvalue weighted by Crippen LogP contribution is -2.21. The third-order valence-corrected chi connectivity index (χ3v) is 3.17. The Morgan fingerprint density at radius 3 is 2.76 bits per heavy atom. The number of aliphatic hydroxyl groups is 1. The van der Waals surface area contributed by atoms with Gasteiger partial charge in [0.15, 0.2) is 11.3 Å². The molecule has 0 fully saturated rings. The summed E-state index contributed by atoms with van der Waals surface area (Å²) in [7, 11) is 0. The van der Waals surface area contributed by atoms with Crippen molar-refractivity contribution in [2.75, 3.05) is 5.73 Å². The van der Waals surface area contributed by atoms with Crippen molar-refractivity contribution < 1.29 is 14.3 Å². The van der Waals surface area contributed by atoms with Crippen LogP contribution in [0.25, 0.3) is 22.6 Å². The molecule has 1 amide bonds. The number of nitrogens with two attached hydrogens (primary N) is 2. The standard InChI is InChI=1S/C14H11N3O4/c15-12-8(19)4-10-13(11(12)14(16)20)17-7-3-6(5-18)1-2-9(7)21-10/h1-4,18H,5,15H2,(H2,16,20). The third-order valence-electron chi connectivity index (χ3n) is 3.17. The number of hydrogen-bond donors (Lipinski definition) is 3. The summed E-state index contributed by atoms with van der Waals surface area (Å²) < 4.78 is 5.56. The van der Waals surface area contributed by atoms with Gasteiger partial charge in [0.25, 0.3) is 5.91 Å². The summed E-state index contributed by atoms with van der Waals surface area (Å²) in [5.74, 6) is -0.720. The van der Waals surface area contributed by atoms with E-state index >= 15 is 0 Å². The van der Waals surface area contributed by atoms with Crippen LogP contribution in [0.15, 0.2) is 33.5 Å². The van der Waals surface area contributed by atoms with Gasteiger partial charge < -0.3 is 21.0 Å². The van der Waals surface area contributed by atoms with Crippen molar-refractivity contribution in [3.63, 3.8) is 0 Å². The smallest absolute Gasteiger partial charge is 0.253 e. The van der Waals surface area contributed by atoms with Crippen LogP contribution in [0.5, 0.6) is 0 Å². The first kappa shape index (κ1) is 13.1. The Labute approximate surface area is 118 Å². The lowest BCUT2D eigenvalue weighted by molar-refractivity contribution is 0.100. The van der Waals surface area contributed by atoms with Crippen molar-refractivity contribution in [3.05, 3.63) is 45.6 Å². The van der Waals surface area contributed by atoms with Crippen LogP contribution < -0.4 is 16.9 Å². The molecule has 1 heterocycles. The van der Waals surface area contributed by atoms with Crippen LogP contribution in [0.4, 0.5) is 5.69 Å². The average molecular weight is 285 g/mol. The molecule has 0 aromatic heterocycles. The number of hydrogen-bond acceptors (Lipinski definition) is 6. The van der Waals surface area contributed by atoms with Crippen molar-refractivity contribution >= 4 is 22.7 Å². The molecule has 0 bridgehead atoms. The van der Waals surface area contributed by atoms with Crippen LogP contribution in [0.1, 0.15) is 15.9 Å². The first-order chi connectivity index (χ1) is 10.0. The molecule has 21 heavy (non-hydrogen) atoms. The van der Waals surface area contributed by atoms with Gasteiger partial charge in [0.1, 0.15) is 11.2 Å². The lowest BCUT2D eigenvalue weighted by Gasteiger charge is -2.11. The summed E-state index contributed by atoms with van der Waals surface area (Å²) in [5.41, 5.74) is 11.5. The highest BCUT2D eigenvalue weighted by atomic mass is 16.3. The van der Waals surface area contributed by atoms with Gasteiger partial charge in [-0.3, -0.25) is 9.59 Å². The van der Waals surface area contributed by atoms with Gasteiger partial charge in [-0.25, -0.2) is 4.98 Å². The van der Waals surface area contributed by atoms with E-state index in [1.165, 1.54) is 6.07 Å². The fourth-order valence-electron chi connectivity index (χ4n) is 2.15. The predicted molar refractivity (Wildman–Crippen MR) is 75.8 cm³/mol. The van der Waals surface area contributed by atoms with E-state index in [9.17, 15) is 9.59 Å². The number of anilines is 1. The van der Waals surface area contributed by atoms with Gasteiger partial charge in [-0.2, -0.15) is 0 Å². The van der Waals surface area contributed by atoms with Crippen LogP contribution in [-0.2, 0) is 6.61 Å². The Bertz CT molecular complexity index is 901. The Kier molecular flexibility index (Phi) is 2.84. The molecule has 5 N–H and O–H groups in total. The van der Waals surface area contributed by atoms with Gasteiger partial charge in [0.2, 0.25) is 5.43 Å². The number of aliphatic hydroxyl groups excluding tert-OH is 1. The van der Waals surface area contributed by atoms with Crippen molar-refractivity contribution in [1.82, 2.24) is 4.98 Å². The van der Waals surface area contributed by atoms with Crippen LogP contribution >= 0.6 is 0 Å². The molecule has 1 aromatic carbocycles. The molecule has 2 aliphatic rings. The van der Waals surface area contributed by atoms with E-state index in [0.717, 1.165) is 0 Å². The number of aromatic nitrogens is 1. The molecule has 0 spiro atoms. The third kappa shape index (κ3) is 2.00. The van der Waals surface area contributed by atoms with Gasteiger partial charge in [-0.1, -0.05) is 6.07 Å². The molecule has 0 saturated heterocycles. The van der Waals surface area contributed by atoms with Crippen molar-refractivity contribution in [1.29, 1.82) is 0 Å². The minimum atomic E-state index is -0.851. The average Bonchev–Trinajstić information content (AvgIpc) is 2.45. The highest BCUT2D eigenvalue weighted by Crippen LogP contribution is 2.29. The molecule has 7 heteroatoms. The van der Waals surface area contributed by atoms with Gasteiger partial charge in [-0.15, -0.1) is 0 Å². The number of amides is 1. The number of carbonyl (C=O) groups is 1. The van der Waals surface area contributed by atoms with E-state index < -0.39 is 11.3 Å². The van der Waals surface area contributed by atoms with E-state index in [-0.39, 0.29) is 29.3 Å². The van der Waals surface area contributed by atoms with Gasteiger partial charge in [0, 0.05) is 6.07 Å². The van der Waals surface area contributed by atoms with Crippen molar-refractivity contribution in [3.8, 4) is 11.5 Å². The summed E-state index contributed by atoms with van der Waals surface area (Å²) in [6.45, 7) is -0.153. The molecular formula is C14H11N3O4. The molecule has 7 nitrogen and oxygen atoms in total. The van der Waals surface area contributed by atoms with Crippen molar-refractivity contribution in [2.24, 2.45) is 5.73 Å². The Hall–Kier alpha value is -2.93. The SMILES string of the molecule is NC(=O)c1c2nc3cc(CO)ccc3oc-2cc(=O)c1N. The van der Waals surface area contributed by atoms with Gasteiger partial charge in [0.05, 0.1) is 17.9 Å². The van der Waals surface area contributed by atoms with E-state index in [2.05, 4.69) is 4.98 Å². The quantitative estimate of drug-likeness (QED) is 0.463. The number of nitrogen functional groups attached to an aromatic ring is 1. The highest BCUT2D eigenvalue weighted by molar-refractivity contribution is 6.04. The number of rotatable bonds is 2. The largest absolute Gasteiger partial charge is 0.453 e. The monoisotopic (exact) mass is 285 g/mol. The van der Waals surface area contributed by atoms with E-state index in [0.29, 0.717) is 16.7 Å². The molecule has 1 aliphatic carbocycles. The fraction of sp³-hybridized carbons (Fsp3) is 0.0714. The molecule has 0 radical (unpaired) electrons. The zero-order chi connectivity index (χ0) is 15.1. The van der Waals surface area contributed by atoms with E-state index in [4.69, 9.17) is 21.0 Å². The highest BCUT2D eigenvalue weighted by Gasteiger charge is 2.22. The van der Waals surface area contributed by atoms with E-state index in [1.807, 2.05) is 0 Å². The van der Waals surface area contributed by atoms with Gasteiger partial charge >= 0.3 is 0 Å². The predicted octanol–water partition coefficient (Wildman–Crippen LogP) is 0.466. The lowest BCUT2D eigenvalue weighted by atomic mass is 10.1. The Morgan fingerprint density at radius 1 is 1.33 bits per heavy atom. The Balaban J connectivity index is 2.46. The van der Waals surface area contributed by atoms with Crippen molar-refractivity contribution in [2.45, 2.75) is 6.61 Å². The summed E-state index contributed by atoms with van der Waals surface area (Å²) in [5, 5.41) is 9.14. The molecule has 1 aliphatic heterocycles. The summed E-state index contributed by atoms with van der Waals surface area (Å²) in [4.78, 5) is 27.6. The molecule has 0 unspecified atom stereocenters. The minimum absolute atomic E-state index is 0.127. The first-order valence-electron chi connectivity index (χ1n) is 6.08. The second-order valence-electron chi connectivity index (χ2n) is 4.55. The van der Waals surface area contributed by atoms with Crippen LogP contribution in [-0.4, -0.2) is 16.0 Å². The molecule has 1 aromatic rings. The fourth-order valence-corrected chi connectivity index (χ4v) is 2.15. The van der Waals surface area contributed by atoms with Crippen LogP contribution in [0.3, 0.4) is 0 Å². The number of nitrogens with zero attached hydrogens (tertiary/aromatic N) is 1. The topological polar surface area (TPSA) is 132 Å². The number of primary amides is 1. The van der Waals surface area contributed by atoms with Crippen LogP contribution in [0.2, 0.25) is 0 Å². The molecule has 0 saturated carbocycles. The summed E-state index contributed by atoms with van der Waals surface area (Å²) in [6.07, 6.45) is 0. The number of fused-ring (bicyclic) bond motifs is 2. The van der Waals surface area contributed by atoms with Crippen LogP contribution in [0, 0.1) is 0 Å². The zero-order valence-electron chi connectivity index (χ0n) is 10.8. The second kappa shape index (κ2) is 4.57. The van der Waals surface area contributed by atoms with E-state index in [1.54, 1.807) is 18.2 Å². The maximum atomic E-state index is 11.7. The second-order valence-corrected chi connectivity index (χ2v) is 4.55. The summed E-state index contributed by atoms with van der Waals surface area (Å²) >= 11 is 0. The first-order valence-corrected chi connectivity index (χ1v) is 6.08. The maximum absolute atomic E-state index is 11.7. The molecule has 0 atom stereocenters. The Morgan fingerprint density at radius 2 is 2.10 bits per heavy atom.